The number of nitrogens with one attached hydrogen (secondary N) is 1. The number of hydrogen-bond donors (Lipinski definition) is 2. The van der Waals surface area contributed by atoms with Crippen LogP contribution in [-0.4, -0.2) is 90.8 Å². The second-order valence-electron chi connectivity index (χ2n) is 8.37. The van der Waals surface area contributed by atoms with Crippen LogP contribution in [0.3, 0.4) is 0 Å². The van der Waals surface area contributed by atoms with Gasteiger partial charge in [0.1, 0.15) is 24.2 Å². The number of piperazine rings is 1. The zero-order valence-electron chi connectivity index (χ0n) is 19.3. The minimum Gasteiger partial charge on any atom is -0.497 e. The van der Waals surface area contributed by atoms with Gasteiger partial charge in [-0.05, 0) is 33.0 Å². The van der Waals surface area contributed by atoms with Crippen molar-refractivity contribution in [2.75, 3.05) is 60.0 Å². The number of benzene rings is 1. The molecule has 2 N–H and O–H groups in total. The summed E-state index contributed by atoms with van der Waals surface area (Å²) in [7, 11) is 3.78. The standard InChI is InChI=1S/C23H37N5O3/c1-18-13-19(2)28(25-18)8-7-24-15-20-5-6-22(30-4)14-23(20)31-17-21(29)16-27-11-9-26(3)10-12-27/h5-6,13-14,21,24,29H,7-12,15-17H2,1-4H3. The van der Waals surface area contributed by atoms with Crippen LogP contribution in [0.5, 0.6) is 11.5 Å². The molecule has 0 aliphatic carbocycles. The highest BCUT2D eigenvalue weighted by molar-refractivity contribution is 5.40. The topological polar surface area (TPSA) is 75.0 Å². The van der Waals surface area contributed by atoms with E-state index in [-0.39, 0.29) is 6.61 Å². The van der Waals surface area contributed by atoms with Crippen LogP contribution in [0.4, 0.5) is 0 Å². The van der Waals surface area contributed by atoms with E-state index in [0.29, 0.717) is 13.1 Å². The van der Waals surface area contributed by atoms with E-state index in [0.717, 1.165) is 62.0 Å². The number of aliphatic hydroxyl groups is 1. The molecule has 1 unspecified atom stereocenters. The fourth-order valence-electron chi connectivity index (χ4n) is 3.82. The maximum absolute atomic E-state index is 10.5. The largest absolute Gasteiger partial charge is 0.497 e. The van der Waals surface area contributed by atoms with Crippen molar-refractivity contribution in [3.63, 3.8) is 0 Å². The molecule has 31 heavy (non-hydrogen) atoms. The van der Waals surface area contributed by atoms with E-state index in [2.05, 4.69) is 40.3 Å². The van der Waals surface area contributed by atoms with Crippen LogP contribution in [0.2, 0.25) is 0 Å². The lowest BCUT2D eigenvalue weighted by Crippen LogP contribution is -2.47. The van der Waals surface area contributed by atoms with E-state index in [4.69, 9.17) is 9.47 Å². The zero-order valence-corrected chi connectivity index (χ0v) is 19.3. The Labute approximate surface area is 185 Å². The molecule has 1 atom stereocenters. The first-order valence-corrected chi connectivity index (χ1v) is 11.0. The Kier molecular flexibility index (Phi) is 8.71. The molecule has 2 heterocycles. The first-order chi connectivity index (χ1) is 14.9. The minimum atomic E-state index is -0.526. The third-order valence-electron chi connectivity index (χ3n) is 5.69. The molecule has 8 nitrogen and oxygen atoms in total. The number of aryl methyl sites for hydroxylation is 2. The summed E-state index contributed by atoms with van der Waals surface area (Å²) < 4.78 is 13.4. The Morgan fingerprint density at radius 3 is 2.61 bits per heavy atom. The van der Waals surface area contributed by atoms with Gasteiger partial charge in [-0.3, -0.25) is 9.58 Å². The van der Waals surface area contributed by atoms with Gasteiger partial charge in [-0.25, -0.2) is 0 Å². The number of methoxy groups -OCH3 is 1. The van der Waals surface area contributed by atoms with Gasteiger partial charge in [0.15, 0.2) is 0 Å². The number of nitrogens with zero attached hydrogens (tertiary/aromatic N) is 4. The molecule has 0 saturated carbocycles. The summed E-state index contributed by atoms with van der Waals surface area (Å²) in [5.74, 6) is 1.49. The molecular weight excluding hydrogens is 394 g/mol. The van der Waals surface area contributed by atoms with Gasteiger partial charge in [-0.2, -0.15) is 5.10 Å². The third-order valence-corrected chi connectivity index (χ3v) is 5.69. The SMILES string of the molecule is COc1ccc(CNCCn2nc(C)cc2C)c(OCC(O)CN2CCN(C)CC2)c1. The lowest BCUT2D eigenvalue weighted by Gasteiger charge is -2.33. The lowest BCUT2D eigenvalue weighted by atomic mass is 10.2. The molecule has 1 fully saturated rings. The fourth-order valence-corrected chi connectivity index (χ4v) is 3.82. The number of hydrogen-bond acceptors (Lipinski definition) is 7. The van der Waals surface area contributed by atoms with Crippen LogP contribution in [0.25, 0.3) is 0 Å². The van der Waals surface area contributed by atoms with Crippen molar-refractivity contribution in [1.82, 2.24) is 24.9 Å². The second-order valence-corrected chi connectivity index (χ2v) is 8.37. The van der Waals surface area contributed by atoms with E-state index in [1.807, 2.05) is 29.8 Å². The molecular formula is C23H37N5O3. The predicted molar refractivity (Wildman–Crippen MR) is 122 cm³/mol. The van der Waals surface area contributed by atoms with E-state index < -0.39 is 6.10 Å². The average Bonchev–Trinajstić information content (AvgIpc) is 3.08. The second kappa shape index (κ2) is 11.5. The smallest absolute Gasteiger partial charge is 0.127 e. The molecule has 1 aliphatic rings. The van der Waals surface area contributed by atoms with Gasteiger partial charge >= 0.3 is 0 Å². The molecule has 0 spiro atoms. The highest BCUT2D eigenvalue weighted by atomic mass is 16.5. The molecule has 1 aromatic carbocycles. The van der Waals surface area contributed by atoms with E-state index in [1.54, 1.807) is 7.11 Å². The van der Waals surface area contributed by atoms with Gasteiger partial charge in [0.2, 0.25) is 0 Å². The van der Waals surface area contributed by atoms with Crippen LogP contribution in [-0.2, 0) is 13.1 Å². The number of rotatable bonds is 11. The minimum absolute atomic E-state index is 0.262. The molecule has 1 aliphatic heterocycles. The summed E-state index contributed by atoms with van der Waals surface area (Å²) in [6, 6.07) is 7.92. The Hall–Kier alpha value is -2.13. The van der Waals surface area contributed by atoms with Crippen molar-refractivity contribution in [1.29, 1.82) is 0 Å². The van der Waals surface area contributed by atoms with Gasteiger partial charge in [-0.1, -0.05) is 6.07 Å². The van der Waals surface area contributed by atoms with Crippen molar-refractivity contribution < 1.29 is 14.6 Å². The summed E-state index contributed by atoms with van der Waals surface area (Å²) in [4.78, 5) is 4.60. The molecule has 0 amide bonds. The Balaban J connectivity index is 1.49. The van der Waals surface area contributed by atoms with Crippen LogP contribution in [0.1, 0.15) is 17.0 Å². The first-order valence-electron chi connectivity index (χ1n) is 11.0. The van der Waals surface area contributed by atoms with Crippen molar-refractivity contribution >= 4 is 0 Å². The number of aromatic nitrogens is 2. The molecule has 2 aromatic rings. The van der Waals surface area contributed by atoms with Gasteiger partial charge in [0.25, 0.3) is 0 Å². The molecule has 3 rings (SSSR count). The van der Waals surface area contributed by atoms with Gasteiger partial charge in [-0.15, -0.1) is 0 Å². The number of β-amino-alcohol motifs (C(OH)–C–C–N with tert-alkyl or cyclic N) is 1. The summed E-state index contributed by atoms with van der Waals surface area (Å²) in [6.45, 7) is 11.3. The molecule has 0 radical (unpaired) electrons. The highest BCUT2D eigenvalue weighted by Gasteiger charge is 2.18. The zero-order chi connectivity index (χ0) is 22.2. The number of ether oxygens (including phenoxy) is 2. The first kappa shape index (κ1) is 23.5. The van der Waals surface area contributed by atoms with Crippen LogP contribution < -0.4 is 14.8 Å². The van der Waals surface area contributed by atoms with Crippen molar-refractivity contribution in [3.8, 4) is 11.5 Å². The van der Waals surface area contributed by atoms with Crippen molar-refractivity contribution in [3.05, 3.63) is 41.2 Å². The number of likely N-dealkylation sites (N-methyl/N-ethyl adjacent to an activating group) is 1. The molecule has 1 saturated heterocycles. The Morgan fingerprint density at radius 2 is 1.94 bits per heavy atom. The highest BCUT2D eigenvalue weighted by Crippen LogP contribution is 2.25. The normalized spacial score (nSPS) is 16.4. The van der Waals surface area contributed by atoms with Crippen LogP contribution >= 0.6 is 0 Å². The molecule has 0 bridgehead atoms. The maximum atomic E-state index is 10.5. The summed E-state index contributed by atoms with van der Waals surface area (Å²) in [6.07, 6.45) is -0.526. The predicted octanol–water partition coefficient (Wildman–Crippen LogP) is 1.29. The number of aliphatic hydroxyl groups excluding tert-OH is 1. The van der Waals surface area contributed by atoms with E-state index in [1.165, 1.54) is 5.69 Å². The lowest BCUT2D eigenvalue weighted by molar-refractivity contribution is 0.0501. The monoisotopic (exact) mass is 431 g/mol. The van der Waals surface area contributed by atoms with E-state index in [9.17, 15) is 5.11 Å². The van der Waals surface area contributed by atoms with Crippen LogP contribution in [0.15, 0.2) is 24.3 Å². The molecule has 172 valence electrons. The van der Waals surface area contributed by atoms with Crippen molar-refractivity contribution in [2.45, 2.75) is 33.0 Å². The Morgan fingerprint density at radius 1 is 1.16 bits per heavy atom. The van der Waals surface area contributed by atoms with Gasteiger partial charge in [0, 0.05) is 63.1 Å². The molecule has 8 heteroatoms. The van der Waals surface area contributed by atoms with Gasteiger partial charge < -0.3 is 24.8 Å². The van der Waals surface area contributed by atoms with Crippen LogP contribution in [0, 0.1) is 13.8 Å². The summed E-state index contributed by atoms with van der Waals surface area (Å²) in [5, 5.41) is 18.4. The maximum Gasteiger partial charge on any atom is 0.127 e. The Bertz CT molecular complexity index is 818. The fraction of sp³-hybridized carbons (Fsp3) is 0.609. The summed E-state index contributed by atoms with van der Waals surface area (Å²) in [5.41, 5.74) is 3.25. The third kappa shape index (κ3) is 7.21. The van der Waals surface area contributed by atoms with Gasteiger partial charge in [0.05, 0.1) is 19.3 Å². The quantitative estimate of drug-likeness (QED) is 0.519. The average molecular weight is 432 g/mol. The van der Waals surface area contributed by atoms with E-state index >= 15 is 0 Å². The summed E-state index contributed by atoms with van der Waals surface area (Å²) >= 11 is 0. The van der Waals surface area contributed by atoms with Crippen molar-refractivity contribution in [2.24, 2.45) is 0 Å². The molecule has 1 aromatic heterocycles.